The fourth-order valence-electron chi connectivity index (χ4n) is 6.27. The zero-order valence-corrected chi connectivity index (χ0v) is 30.1. The molecule has 0 saturated heterocycles. The molecule has 0 heterocycles. The van der Waals surface area contributed by atoms with Crippen LogP contribution in [0.2, 0.25) is 0 Å². The van der Waals surface area contributed by atoms with Crippen molar-refractivity contribution in [1.82, 2.24) is 0 Å². The number of hydrogen-bond donors (Lipinski definition) is 0. The standard InChI is InChI=1S/C33H46Br2I2/c34-27-17-19-29-30-20-18-28(35)26-32(30)33(31(29)25-27,21-13-9-5-1-3-7-11-15-23-36)22-14-10-6-2-4-8-12-16-24-37/h17-20,25-26H,1-16,21-24H2. The van der Waals surface area contributed by atoms with Crippen LogP contribution < -0.4 is 0 Å². The molecule has 2 aromatic rings. The number of unbranched alkanes of at least 4 members (excludes halogenated alkanes) is 14. The molecule has 2 aromatic carbocycles. The second kappa shape index (κ2) is 18.3. The summed E-state index contributed by atoms with van der Waals surface area (Å²) in [5, 5.41) is 0. The molecule has 0 bridgehead atoms. The summed E-state index contributed by atoms with van der Waals surface area (Å²) >= 11 is 12.7. The van der Waals surface area contributed by atoms with Crippen LogP contribution in [0.5, 0.6) is 0 Å². The van der Waals surface area contributed by atoms with Crippen LogP contribution in [0, 0.1) is 0 Å². The van der Waals surface area contributed by atoms with Gasteiger partial charge >= 0.3 is 0 Å². The molecule has 206 valence electrons. The molecule has 37 heavy (non-hydrogen) atoms. The van der Waals surface area contributed by atoms with Crippen LogP contribution in [0.3, 0.4) is 0 Å². The van der Waals surface area contributed by atoms with E-state index in [2.05, 4.69) is 113 Å². The number of hydrogen-bond acceptors (Lipinski definition) is 0. The van der Waals surface area contributed by atoms with Gasteiger partial charge in [0.05, 0.1) is 0 Å². The van der Waals surface area contributed by atoms with Gasteiger partial charge in [-0.15, -0.1) is 0 Å². The molecule has 0 aliphatic heterocycles. The minimum Gasteiger partial charge on any atom is -0.0864 e. The first-order valence-electron chi connectivity index (χ1n) is 14.8. The van der Waals surface area contributed by atoms with Crippen molar-refractivity contribution in [2.45, 2.75) is 121 Å². The predicted molar refractivity (Wildman–Crippen MR) is 189 cm³/mol. The van der Waals surface area contributed by atoms with E-state index in [0.29, 0.717) is 0 Å². The Bertz CT molecular complexity index is 851. The zero-order valence-electron chi connectivity index (χ0n) is 22.6. The molecule has 0 spiro atoms. The topological polar surface area (TPSA) is 0 Å². The lowest BCUT2D eigenvalue weighted by Crippen LogP contribution is -2.25. The quantitative estimate of drug-likeness (QED) is 0.0707. The first-order chi connectivity index (χ1) is 18.1. The highest BCUT2D eigenvalue weighted by Gasteiger charge is 2.42. The lowest BCUT2D eigenvalue weighted by Gasteiger charge is -2.33. The van der Waals surface area contributed by atoms with Gasteiger partial charge in [0.15, 0.2) is 0 Å². The fraction of sp³-hybridized carbons (Fsp3) is 0.636. The summed E-state index contributed by atoms with van der Waals surface area (Å²) in [6.45, 7) is 0. The molecule has 1 aliphatic carbocycles. The number of halogens is 4. The first kappa shape index (κ1) is 32.4. The van der Waals surface area contributed by atoms with Crippen LogP contribution in [0.4, 0.5) is 0 Å². The van der Waals surface area contributed by atoms with Crippen molar-refractivity contribution in [3.8, 4) is 11.1 Å². The Morgan fingerprint density at radius 1 is 0.459 bits per heavy atom. The largest absolute Gasteiger partial charge is 0.0864 e. The van der Waals surface area contributed by atoms with E-state index in [9.17, 15) is 0 Å². The van der Waals surface area contributed by atoms with Gasteiger partial charge in [0, 0.05) is 14.4 Å². The van der Waals surface area contributed by atoms with Crippen LogP contribution in [0.1, 0.15) is 127 Å². The fourth-order valence-corrected chi connectivity index (χ4v) is 8.07. The van der Waals surface area contributed by atoms with Crippen molar-refractivity contribution in [3.05, 3.63) is 56.5 Å². The molecule has 1 aliphatic rings. The van der Waals surface area contributed by atoms with Crippen molar-refractivity contribution < 1.29 is 0 Å². The minimum absolute atomic E-state index is 0.165. The number of alkyl halides is 2. The summed E-state index contributed by atoms with van der Waals surface area (Å²) in [5.74, 6) is 0. The lowest BCUT2D eigenvalue weighted by molar-refractivity contribution is 0.397. The normalized spacial score (nSPS) is 13.6. The van der Waals surface area contributed by atoms with Gasteiger partial charge in [-0.1, -0.05) is 179 Å². The lowest BCUT2D eigenvalue weighted by atomic mass is 9.70. The van der Waals surface area contributed by atoms with Gasteiger partial charge < -0.3 is 0 Å². The first-order valence-corrected chi connectivity index (χ1v) is 19.5. The average molecular weight is 856 g/mol. The van der Waals surface area contributed by atoms with Crippen molar-refractivity contribution in [3.63, 3.8) is 0 Å². The Hall–Kier alpha value is 0.860. The average Bonchev–Trinajstić information content (AvgIpc) is 3.15. The Morgan fingerprint density at radius 3 is 1.14 bits per heavy atom. The molecule has 0 atom stereocenters. The van der Waals surface area contributed by atoms with Crippen molar-refractivity contribution >= 4 is 77.0 Å². The van der Waals surface area contributed by atoms with Crippen LogP contribution in [0.15, 0.2) is 45.3 Å². The van der Waals surface area contributed by atoms with Crippen molar-refractivity contribution in [2.24, 2.45) is 0 Å². The Morgan fingerprint density at radius 2 is 0.784 bits per heavy atom. The van der Waals surface area contributed by atoms with Crippen LogP contribution in [-0.2, 0) is 5.41 Å². The Labute approximate surface area is 271 Å². The molecule has 4 heteroatoms. The molecule has 0 amide bonds. The Balaban J connectivity index is 1.64. The molecule has 0 radical (unpaired) electrons. The molecule has 0 saturated carbocycles. The minimum atomic E-state index is 0.165. The second-order valence-corrected chi connectivity index (χ2v) is 15.0. The van der Waals surface area contributed by atoms with Gasteiger partial charge in [-0.05, 0) is 81.1 Å². The zero-order chi connectivity index (χ0) is 26.3. The number of rotatable bonds is 20. The van der Waals surface area contributed by atoms with Gasteiger partial charge in [0.2, 0.25) is 0 Å². The summed E-state index contributed by atoms with van der Waals surface area (Å²) in [6, 6.07) is 14.1. The van der Waals surface area contributed by atoms with Crippen LogP contribution in [-0.4, -0.2) is 8.86 Å². The maximum absolute atomic E-state index is 3.82. The van der Waals surface area contributed by atoms with E-state index in [1.807, 2.05) is 0 Å². The Kier molecular flexibility index (Phi) is 16.0. The summed E-state index contributed by atoms with van der Waals surface area (Å²) in [7, 11) is 0. The predicted octanol–water partition coefficient (Wildman–Crippen LogP) is 13.4. The number of benzene rings is 2. The second-order valence-electron chi connectivity index (χ2n) is 11.0. The molecule has 0 aromatic heterocycles. The SMILES string of the molecule is Brc1ccc2c(c1)C(CCCCCCCCCCI)(CCCCCCCCCCI)c1cc(Br)ccc1-2. The molecule has 0 nitrogen and oxygen atoms in total. The molecule has 3 rings (SSSR count). The molecule has 0 unspecified atom stereocenters. The van der Waals surface area contributed by atoms with Gasteiger partial charge in [-0.25, -0.2) is 0 Å². The van der Waals surface area contributed by atoms with E-state index in [-0.39, 0.29) is 5.41 Å². The third-order valence-electron chi connectivity index (χ3n) is 8.26. The maximum atomic E-state index is 3.82. The van der Waals surface area contributed by atoms with E-state index < -0.39 is 0 Å². The maximum Gasteiger partial charge on any atom is 0.0216 e. The monoisotopic (exact) mass is 854 g/mol. The van der Waals surface area contributed by atoms with Gasteiger partial charge in [0.25, 0.3) is 0 Å². The van der Waals surface area contributed by atoms with E-state index in [0.717, 1.165) is 0 Å². The summed E-state index contributed by atoms with van der Waals surface area (Å²) in [6.07, 6.45) is 24.9. The number of fused-ring (bicyclic) bond motifs is 3. The van der Waals surface area contributed by atoms with Crippen molar-refractivity contribution in [2.75, 3.05) is 8.86 Å². The van der Waals surface area contributed by atoms with E-state index in [4.69, 9.17) is 0 Å². The summed E-state index contributed by atoms with van der Waals surface area (Å²) < 4.78 is 5.07. The molecular weight excluding hydrogens is 810 g/mol. The molecule has 0 N–H and O–H groups in total. The van der Waals surface area contributed by atoms with Crippen LogP contribution >= 0.6 is 77.0 Å². The molecule has 0 fully saturated rings. The van der Waals surface area contributed by atoms with Gasteiger partial charge in [-0.3, -0.25) is 0 Å². The summed E-state index contributed by atoms with van der Waals surface area (Å²) in [5.41, 5.74) is 6.26. The highest BCUT2D eigenvalue weighted by Crippen LogP contribution is 2.55. The highest BCUT2D eigenvalue weighted by atomic mass is 127. The van der Waals surface area contributed by atoms with Gasteiger partial charge in [-0.2, -0.15) is 0 Å². The van der Waals surface area contributed by atoms with Crippen molar-refractivity contribution in [1.29, 1.82) is 0 Å². The third-order valence-corrected chi connectivity index (χ3v) is 10.8. The highest BCUT2D eigenvalue weighted by molar-refractivity contribution is 14.1. The van der Waals surface area contributed by atoms with E-state index in [1.165, 1.54) is 145 Å². The molecular formula is C33H46Br2I2. The summed E-state index contributed by atoms with van der Waals surface area (Å²) in [4.78, 5) is 0. The smallest absolute Gasteiger partial charge is 0.0216 e. The van der Waals surface area contributed by atoms with Crippen LogP contribution in [0.25, 0.3) is 11.1 Å². The van der Waals surface area contributed by atoms with E-state index in [1.54, 1.807) is 11.1 Å². The third kappa shape index (κ3) is 10.0. The van der Waals surface area contributed by atoms with Gasteiger partial charge in [0.1, 0.15) is 0 Å². The van der Waals surface area contributed by atoms with E-state index >= 15 is 0 Å².